The van der Waals surface area contributed by atoms with E-state index in [1.54, 1.807) is 0 Å². The van der Waals surface area contributed by atoms with Gasteiger partial charge in [0.25, 0.3) is 0 Å². The van der Waals surface area contributed by atoms with E-state index in [1.165, 1.54) is 32.1 Å². The van der Waals surface area contributed by atoms with Crippen LogP contribution in [0.1, 0.15) is 52.9 Å². The van der Waals surface area contributed by atoms with Gasteiger partial charge < -0.3 is 5.73 Å². The summed E-state index contributed by atoms with van der Waals surface area (Å²) in [5, 5.41) is 0. The van der Waals surface area contributed by atoms with E-state index in [0.29, 0.717) is 6.04 Å². The fourth-order valence-corrected chi connectivity index (χ4v) is 1.36. The molecule has 2 atom stereocenters. The Morgan fingerprint density at radius 3 is 2.18 bits per heavy atom. The molecule has 0 radical (unpaired) electrons. The Morgan fingerprint density at radius 2 is 1.73 bits per heavy atom. The second kappa shape index (κ2) is 6.66. The summed E-state index contributed by atoms with van der Waals surface area (Å²) in [6, 6.07) is 0.437. The molecule has 0 amide bonds. The summed E-state index contributed by atoms with van der Waals surface area (Å²) in [6.45, 7) is 6.71. The third kappa shape index (κ3) is 5.25. The first-order valence-corrected chi connectivity index (χ1v) is 4.97. The quantitative estimate of drug-likeness (QED) is 0.630. The van der Waals surface area contributed by atoms with Crippen LogP contribution in [0.5, 0.6) is 0 Å². The molecule has 0 aromatic carbocycles. The maximum atomic E-state index is 5.97. The highest BCUT2D eigenvalue weighted by Gasteiger charge is 2.09. The first-order chi connectivity index (χ1) is 5.22. The Hall–Kier alpha value is -0.0400. The van der Waals surface area contributed by atoms with Gasteiger partial charge in [0.05, 0.1) is 0 Å². The first kappa shape index (κ1) is 11.0. The molecule has 0 rings (SSSR count). The lowest BCUT2D eigenvalue weighted by Gasteiger charge is -2.18. The lowest BCUT2D eigenvalue weighted by atomic mass is 9.93. The second-order valence-electron chi connectivity index (χ2n) is 3.57. The minimum Gasteiger partial charge on any atom is -0.327 e. The number of hydrogen-bond acceptors (Lipinski definition) is 1. The monoisotopic (exact) mass is 157 g/mol. The minimum absolute atomic E-state index is 0.437. The summed E-state index contributed by atoms with van der Waals surface area (Å²) < 4.78 is 0. The fraction of sp³-hybridized carbons (Fsp3) is 1.00. The van der Waals surface area contributed by atoms with Gasteiger partial charge in [0.2, 0.25) is 0 Å². The molecular formula is C10H23N. The average Bonchev–Trinajstić information content (AvgIpc) is 2.00. The van der Waals surface area contributed by atoms with Crippen molar-refractivity contribution in [2.75, 3.05) is 0 Å². The number of unbranched alkanes of at least 4 members (excludes halogenated alkanes) is 1. The molecule has 1 nitrogen and oxygen atoms in total. The smallest absolute Gasteiger partial charge is 0.00644 e. The van der Waals surface area contributed by atoms with Crippen molar-refractivity contribution in [2.45, 2.75) is 58.9 Å². The predicted molar refractivity (Wildman–Crippen MR) is 51.6 cm³/mol. The maximum Gasteiger partial charge on any atom is 0.00644 e. The molecule has 11 heavy (non-hydrogen) atoms. The Kier molecular flexibility index (Phi) is 6.63. The molecule has 1 heteroatoms. The average molecular weight is 157 g/mol. The van der Waals surface area contributed by atoms with Crippen molar-refractivity contribution in [3.63, 3.8) is 0 Å². The fourth-order valence-electron chi connectivity index (χ4n) is 1.36. The topological polar surface area (TPSA) is 26.0 Å². The normalized spacial score (nSPS) is 16.4. The zero-order valence-corrected chi connectivity index (χ0v) is 8.27. The van der Waals surface area contributed by atoms with Crippen molar-refractivity contribution < 1.29 is 0 Å². The summed E-state index contributed by atoms with van der Waals surface area (Å²) in [7, 11) is 0. The molecule has 0 heterocycles. The van der Waals surface area contributed by atoms with Gasteiger partial charge in [0.1, 0.15) is 0 Å². The molecule has 0 saturated carbocycles. The van der Waals surface area contributed by atoms with Crippen LogP contribution in [0.15, 0.2) is 0 Å². The van der Waals surface area contributed by atoms with E-state index in [0.717, 1.165) is 5.92 Å². The lowest BCUT2D eigenvalue weighted by molar-refractivity contribution is 0.392. The molecule has 0 aliphatic carbocycles. The van der Waals surface area contributed by atoms with Gasteiger partial charge in [-0.3, -0.25) is 0 Å². The van der Waals surface area contributed by atoms with Crippen LogP contribution in [-0.4, -0.2) is 6.04 Å². The Morgan fingerprint density at radius 1 is 1.09 bits per heavy atom. The Balaban J connectivity index is 3.38. The van der Waals surface area contributed by atoms with Crippen LogP contribution in [0, 0.1) is 5.92 Å². The van der Waals surface area contributed by atoms with E-state index in [1.807, 2.05) is 0 Å². The number of nitrogens with two attached hydrogens (primary N) is 1. The van der Waals surface area contributed by atoms with E-state index in [4.69, 9.17) is 5.73 Å². The molecule has 0 aromatic rings. The van der Waals surface area contributed by atoms with E-state index in [2.05, 4.69) is 20.8 Å². The highest BCUT2D eigenvalue weighted by Crippen LogP contribution is 2.13. The zero-order chi connectivity index (χ0) is 8.69. The van der Waals surface area contributed by atoms with Crippen molar-refractivity contribution in [3.8, 4) is 0 Å². The molecule has 0 saturated heterocycles. The summed E-state index contributed by atoms with van der Waals surface area (Å²) >= 11 is 0. The van der Waals surface area contributed by atoms with Crippen LogP contribution in [0.2, 0.25) is 0 Å². The molecule has 0 aromatic heterocycles. The standard InChI is InChI=1S/C10H23N/c1-4-6-8-9(3)10(11)7-5-2/h9-10H,4-8,11H2,1-3H3. The van der Waals surface area contributed by atoms with Gasteiger partial charge in [-0.05, 0) is 18.8 Å². The van der Waals surface area contributed by atoms with E-state index >= 15 is 0 Å². The third-order valence-electron chi connectivity index (χ3n) is 2.37. The SMILES string of the molecule is CCCCC(C)C(N)CCC. The predicted octanol–water partition coefficient (Wildman–Crippen LogP) is 2.94. The highest BCUT2D eigenvalue weighted by molar-refractivity contribution is 4.67. The maximum absolute atomic E-state index is 5.97. The van der Waals surface area contributed by atoms with Crippen LogP contribution in [0.25, 0.3) is 0 Å². The number of hydrogen-bond donors (Lipinski definition) is 1. The van der Waals surface area contributed by atoms with Gasteiger partial charge >= 0.3 is 0 Å². The molecule has 0 spiro atoms. The summed E-state index contributed by atoms with van der Waals surface area (Å²) in [5.41, 5.74) is 5.97. The van der Waals surface area contributed by atoms with Crippen LogP contribution in [0.4, 0.5) is 0 Å². The molecule has 2 N–H and O–H groups in total. The van der Waals surface area contributed by atoms with Gasteiger partial charge in [-0.1, -0.05) is 40.0 Å². The van der Waals surface area contributed by atoms with Gasteiger partial charge in [0.15, 0.2) is 0 Å². The van der Waals surface area contributed by atoms with Crippen molar-refractivity contribution in [1.29, 1.82) is 0 Å². The largest absolute Gasteiger partial charge is 0.327 e. The molecule has 0 fully saturated rings. The lowest BCUT2D eigenvalue weighted by Crippen LogP contribution is -2.27. The molecule has 0 bridgehead atoms. The molecule has 0 aliphatic heterocycles. The van der Waals surface area contributed by atoms with Crippen molar-refractivity contribution in [3.05, 3.63) is 0 Å². The molecule has 0 aliphatic rings. The van der Waals surface area contributed by atoms with Gasteiger partial charge in [-0.15, -0.1) is 0 Å². The third-order valence-corrected chi connectivity index (χ3v) is 2.37. The van der Waals surface area contributed by atoms with E-state index < -0.39 is 0 Å². The van der Waals surface area contributed by atoms with Crippen molar-refractivity contribution in [1.82, 2.24) is 0 Å². The van der Waals surface area contributed by atoms with E-state index in [9.17, 15) is 0 Å². The summed E-state index contributed by atoms with van der Waals surface area (Å²) in [4.78, 5) is 0. The minimum atomic E-state index is 0.437. The Bertz CT molecular complexity index is 80.9. The molecule has 68 valence electrons. The number of rotatable bonds is 6. The van der Waals surface area contributed by atoms with Crippen molar-refractivity contribution >= 4 is 0 Å². The van der Waals surface area contributed by atoms with Crippen LogP contribution < -0.4 is 5.73 Å². The molecule has 2 unspecified atom stereocenters. The first-order valence-electron chi connectivity index (χ1n) is 4.97. The van der Waals surface area contributed by atoms with E-state index in [-0.39, 0.29) is 0 Å². The van der Waals surface area contributed by atoms with Crippen molar-refractivity contribution in [2.24, 2.45) is 11.7 Å². The van der Waals surface area contributed by atoms with Crippen LogP contribution in [-0.2, 0) is 0 Å². The van der Waals surface area contributed by atoms with Gasteiger partial charge in [-0.25, -0.2) is 0 Å². The Labute approximate surface area is 71.4 Å². The molecular weight excluding hydrogens is 134 g/mol. The van der Waals surface area contributed by atoms with Gasteiger partial charge in [-0.2, -0.15) is 0 Å². The van der Waals surface area contributed by atoms with Crippen LogP contribution >= 0.6 is 0 Å². The second-order valence-corrected chi connectivity index (χ2v) is 3.57. The van der Waals surface area contributed by atoms with Crippen LogP contribution in [0.3, 0.4) is 0 Å². The summed E-state index contributed by atoms with van der Waals surface area (Å²) in [6.07, 6.45) is 6.34. The summed E-state index contributed by atoms with van der Waals surface area (Å²) in [5.74, 6) is 0.718. The van der Waals surface area contributed by atoms with Gasteiger partial charge in [0, 0.05) is 6.04 Å². The highest BCUT2D eigenvalue weighted by atomic mass is 14.6. The zero-order valence-electron chi connectivity index (χ0n) is 8.27.